The standard InChI is InChI=1S/C22H28N2O3/c1-16(11-18-5-4-8-21(13-18)26-2)23-22(25)24-20-7-3-6-19(12-20)15-27-14-17-9-10-17/h3-8,12-13,16-17H,9-11,14-15H2,1-2H3,(H2,23,24,25). The van der Waals surface area contributed by atoms with Gasteiger partial charge in [0.05, 0.1) is 13.7 Å². The van der Waals surface area contributed by atoms with Gasteiger partial charge in [0.15, 0.2) is 0 Å². The number of carbonyl (C=O) groups excluding carboxylic acids is 1. The van der Waals surface area contributed by atoms with Crippen molar-refractivity contribution in [2.24, 2.45) is 5.92 Å². The maximum Gasteiger partial charge on any atom is 0.319 e. The van der Waals surface area contributed by atoms with Gasteiger partial charge in [-0.15, -0.1) is 0 Å². The molecule has 1 aliphatic carbocycles. The van der Waals surface area contributed by atoms with Crippen molar-refractivity contribution >= 4 is 11.7 Å². The third-order valence-electron chi connectivity index (χ3n) is 4.56. The highest BCUT2D eigenvalue weighted by Crippen LogP contribution is 2.29. The molecule has 1 atom stereocenters. The van der Waals surface area contributed by atoms with Crippen LogP contribution in [0.3, 0.4) is 0 Å². The van der Waals surface area contributed by atoms with Gasteiger partial charge in [0, 0.05) is 18.3 Å². The van der Waals surface area contributed by atoms with E-state index in [2.05, 4.69) is 10.6 Å². The Morgan fingerprint density at radius 3 is 2.70 bits per heavy atom. The summed E-state index contributed by atoms with van der Waals surface area (Å²) in [5.41, 5.74) is 2.96. The second kappa shape index (κ2) is 9.42. The van der Waals surface area contributed by atoms with E-state index in [1.165, 1.54) is 12.8 Å². The third-order valence-corrected chi connectivity index (χ3v) is 4.56. The smallest absolute Gasteiger partial charge is 0.319 e. The van der Waals surface area contributed by atoms with Crippen LogP contribution in [-0.2, 0) is 17.8 Å². The fraction of sp³-hybridized carbons (Fsp3) is 0.409. The van der Waals surface area contributed by atoms with Gasteiger partial charge < -0.3 is 20.1 Å². The van der Waals surface area contributed by atoms with Gasteiger partial charge in [0.25, 0.3) is 0 Å². The molecule has 1 saturated carbocycles. The van der Waals surface area contributed by atoms with Crippen LogP contribution in [0.5, 0.6) is 5.75 Å². The molecule has 5 heteroatoms. The molecule has 0 aliphatic heterocycles. The molecule has 1 aliphatic rings. The SMILES string of the molecule is COc1cccc(CC(C)NC(=O)Nc2cccc(COCC3CC3)c2)c1. The summed E-state index contributed by atoms with van der Waals surface area (Å²) < 4.78 is 11.0. The summed E-state index contributed by atoms with van der Waals surface area (Å²) in [6.07, 6.45) is 3.31. The van der Waals surface area contributed by atoms with Crippen molar-refractivity contribution in [3.8, 4) is 5.75 Å². The number of methoxy groups -OCH3 is 1. The molecule has 0 heterocycles. The number of carbonyl (C=O) groups is 1. The van der Waals surface area contributed by atoms with Crippen LogP contribution in [0.1, 0.15) is 30.9 Å². The summed E-state index contributed by atoms with van der Waals surface area (Å²) in [7, 11) is 1.65. The summed E-state index contributed by atoms with van der Waals surface area (Å²) in [6, 6.07) is 15.5. The summed E-state index contributed by atoms with van der Waals surface area (Å²) >= 11 is 0. The molecule has 27 heavy (non-hydrogen) atoms. The molecule has 2 amide bonds. The number of ether oxygens (including phenoxy) is 2. The predicted molar refractivity (Wildman–Crippen MR) is 107 cm³/mol. The molecule has 2 aromatic carbocycles. The molecule has 1 fully saturated rings. The molecule has 3 rings (SSSR count). The van der Waals surface area contributed by atoms with Gasteiger partial charge in [0.1, 0.15) is 5.75 Å². The van der Waals surface area contributed by atoms with Crippen molar-refractivity contribution in [2.75, 3.05) is 19.0 Å². The van der Waals surface area contributed by atoms with Crippen LogP contribution in [0, 0.1) is 5.92 Å². The molecular weight excluding hydrogens is 340 g/mol. The molecule has 1 unspecified atom stereocenters. The van der Waals surface area contributed by atoms with Crippen LogP contribution in [0.2, 0.25) is 0 Å². The highest BCUT2D eigenvalue weighted by atomic mass is 16.5. The van der Waals surface area contributed by atoms with E-state index in [-0.39, 0.29) is 12.1 Å². The minimum Gasteiger partial charge on any atom is -0.497 e. The first-order valence-corrected chi connectivity index (χ1v) is 9.49. The lowest BCUT2D eigenvalue weighted by atomic mass is 10.1. The molecule has 0 spiro atoms. The maximum absolute atomic E-state index is 12.3. The number of hydrogen-bond donors (Lipinski definition) is 2. The highest BCUT2D eigenvalue weighted by Gasteiger charge is 2.21. The van der Waals surface area contributed by atoms with Crippen LogP contribution < -0.4 is 15.4 Å². The Balaban J connectivity index is 1.46. The molecule has 144 valence electrons. The van der Waals surface area contributed by atoms with E-state index in [1.54, 1.807) is 7.11 Å². The van der Waals surface area contributed by atoms with Crippen molar-refractivity contribution in [2.45, 2.75) is 38.8 Å². The van der Waals surface area contributed by atoms with Crippen molar-refractivity contribution < 1.29 is 14.3 Å². The van der Waals surface area contributed by atoms with Gasteiger partial charge in [0.2, 0.25) is 0 Å². The molecule has 0 aromatic heterocycles. The Morgan fingerprint density at radius 1 is 1.15 bits per heavy atom. The Bertz CT molecular complexity index is 759. The van der Waals surface area contributed by atoms with Gasteiger partial charge >= 0.3 is 6.03 Å². The van der Waals surface area contributed by atoms with Crippen molar-refractivity contribution in [1.82, 2.24) is 5.32 Å². The quantitative estimate of drug-likeness (QED) is 0.691. The number of anilines is 1. The lowest BCUT2D eigenvalue weighted by molar-refractivity contribution is 0.111. The highest BCUT2D eigenvalue weighted by molar-refractivity contribution is 5.89. The second-order valence-electron chi connectivity index (χ2n) is 7.21. The van der Waals surface area contributed by atoms with Gasteiger partial charge in [-0.05, 0) is 67.5 Å². The molecule has 2 N–H and O–H groups in total. The molecular formula is C22H28N2O3. The van der Waals surface area contributed by atoms with E-state index in [0.717, 1.165) is 41.5 Å². The fourth-order valence-electron chi connectivity index (χ4n) is 2.96. The molecule has 5 nitrogen and oxygen atoms in total. The third kappa shape index (κ3) is 6.61. The molecule has 0 saturated heterocycles. The van der Waals surface area contributed by atoms with Gasteiger partial charge in [-0.3, -0.25) is 0 Å². The van der Waals surface area contributed by atoms with Gasteiger partial charge in [-0.2, -0.15) is 0 Å². The zero-order valence-corrected chi connectivity index (χ0v) is 16.0. The zero-order chi connectivity index (χ0) is 19.1. The van der Waals surface area contributed by atoms with Gasteiger partial charge in [-0.25, -0.2) is 4.79 Å². The van der Waals surface area contributed by atoms with Crippen LogP contribution in [0.25, 0.3) is 0 Å². The van der Waals surface area contributed by atoms with Crippen LogP contribution in [-0.4, -0.2) is 25.8 Å². The minimum absolute atomic E-state index is 0.00200. The lowest BCUT2D eigenvalue weighted by Crippen LogP contribution is -2.37. The average molecular weight is 368 g/mol. The summed E-state index contributed by atoms with van der Waals surface area (Å²) in [5, 5.41) is 5.88. The minimum atomic E-state index is -0.207. The summed E-state index contributed by atoms with van der Waals surface area (Å²) in [5.74, 6) is 1.58. The van der Waals surface area contributed by atoms with E-state index >= 15 is 0 Å². The predicted octanol–water partition coefficient (Wildman–Crippen LogP) is 4.37. The fourth-order valence-corrected chi connectivity index (χ4v) is 2.96. The summed E-state index contributed by atoms with van der Waals surface area (Å²) in [4.78, 5) is 12.3. The van der Waals surface area contributed by atoms with Crippen molar-refractivity contribution in [3.63, 3.8) is 0 Å². The lowest BCUT2D eigenvalue weighted by Gasteiger charge is -2.15. The Kier molecular flexibility index (Phi) is 6.71. The maximum atomic E-state index is 12.3. The first-order valence-electron chi connectivity index (χ1n) is 9.49. The molecule has 2 aromatic rings. The molecule has 0 radical (unpaired) electrons. The Labute approximate surface area is 161 Å². The number of rotatable bonds is 9. The largest absolute Gasteiger partial charge is 0.497 e. The number of amides is 2. The zero-order valence-electron chi connectivity index (χ0n) is 16.0. The van der Waals surface area contributed by atoms with Crippen molar-refractivity contribution in [3.05, 3.63) is 59.7 Å². The van der Waals surface area contributed by atoms with Crippen LogP contribution >= 0.6 is 0 Å². The number of hydrogen-bond acceptors (Lipinski definition) is 3. The van der Waals surface area contributed by atoms with Crippen molar-refractivity contribution in [1.29, 1.82) is 0 Å². The van der Waals surface area contributed by atoms with E-state index in [9.17, 15) is 4.79 Å². The Hall–Kier alpha value is -2.53. The normalized spacial score (nSPS) is 14.4. The molecule has 0 bridgehead atoms. The monoisotopic (exact) mass is 368 g/mol. The van der Waals surface area contributed by atoms with Crippen LogP contribution in [0.15, 0.2) is 48.5 Å². The van der Waals surface area contributed by atoms with E-state index in [1.807, 2.05) is 55.5 Å². The average Bonchev–Trinajstić information content (AvgIpc) is 3.46. The first kappa shape index (κ1) is 19.2. The second-order valence-corrected chi connectivity index (χ2v) is 7.21. The number of benzene rings is 2. The van der Waals surface area contributed by atoms with E-state index < -0.39 is 0 Å². The van der Waals surface area contributed by atoms with Crippen LogP contribution in [0.4, 0.5) is 10.5 Å². The number of urea groups is 1. The number of nitrogens with one attached hydrogen (secondary N) is 2. The first-order chi connectivity index (χ1) is 13.1. The Morgan fingerprint density at radius 2 is 1.93 bits per heavy atom. The summed E-state index contributed by atoms with van der Waals surface area (Å²) in [6.45, 7) is 3.40. The van der Waals surface area contributed by atoms with Gasteiger partial charge in [-0.1, -0.05) is 24.3 Å². The topological polar surface area (TPSA) is 59.6 Å². The van der Waals surface area contributed by atoms with E-state index in [0.29, 0.717) is 6.61 Å². The van der Waals surface area contributed by atoms with E-state index in [4.69, 9.17) is 9.47 Å².